The molecule has 2 aromatic carbocycles. The van der Waals surface area contributed by atoms with Crippen molar-refractivity contribution < 1.29 is 4.79 Å². The van der Waals surface area contributed by atoms with E-state index in [0.717, 1.165) is 31.9 Å². The molecule has 1 amide bonds. The molecule has 1 N–H and O–H groups in total. The normalized spacial score (nSPS) is 14.4. The Balaban J connectivity index is 1.46. The number of carbonyl (C=O) groups excluding carboxylic acids is 1. The number of aryl methyl sites for hydroxylation is 2. The number of anilines is 2. The second-order valence-corrected chi connectivity index (χ2v) is 7.13. The highest BCUT2D eigenvalue weighted by atomic mass is 16.2. The molecule has 138 valence electrons. The van der Waals surface area contributed by atoms with Crippen molar-refractivity contribution in [2.24, 2.45) is 0 Å². The van der Waals surface area contributed by atoms with Crippen LogP contribution < -0.4 is 10.2 Å². The molecule has 1 aliphatic rings. The first-order chi connectivity index (χ1) is 12.5. The smallest absolute Gasteiger partial charge is 0.224 e. The molecule has 4 nitrogen and oxygen atoms in total. The Morgan fingerprint density at radius 3 is 2.46 bits per heavy atom. The second-order valence-electron chi connectivity index (χ2n) is 7.13. The number of hydrogen-bond donors (Lipinski definition) is 1. The predicted octanol–water partition coefficient (Wildman–Crippen LogP) is 3.76. The Labute approximate surface area is 156 Å². The second kappa shape index (κ2) is 8.26. The van der Waals surface area contributed by atoms with Gasteiger partial charge in [0.05, 0.1) is 0 Å². The van der Waals surface area contributed by atoms with Crippen LogP contribution in [0, 0.1) is 20.8 Å². The number of rotatable bonds is 5. The van der Waals surface area contributed by atoms with E-state index in [4.69, 9.17) is 0 Å². The third-order valence-electron chi connectivity index (χ3n) is 5.26. The van der Waals surface area contributed by atoms with Crippen molar-refractivity contribution in [2.75, 3.05) is 42.9 Å². The number of benzene rings is 2. The van der Waals surface area contributed by atoms with Crippen LogP contribution in [0.25, 0.3) is 0 Å². The van der Waals surface area contributed by atoms with Gasteiger partial charge < -0.3 is 15.1 Å². The summed E-state index contributed by atoms with van der Waals surface area (Å²) in [5.74, 6) is 0.242. The lowest BCUT2D eigenvalue weighted by atomic mass is 10.1. The Hall–Kier alpha value is -2.49. The highest BCUT2D eigenvalue weighted by Gasteiger charge is 2.21. The van der Waals surface area contributed by atoms with E-state index in [1.807, 2.05) is 4.90 Å². The number of carbonyl (C=O) groups is 1. The lowest BCUT2D eigenvalue weighted by Crippen LogP contribution is -2.49. The van der Waals surface area contributed by atoms with E-state index in [0.29, 0.717) is 13.0 Å². The van der Waals surface area contributed by atoms with Crippen molar-refractivity contribution in [3.05, 3.63) is 59.2 Å². The van der Waals surface area contributed by atoms with E-state index < -0.39 is 0 Å². The van der Waals surface area contributed by atoms with Gasteiger partial charge in [-0.15, -0.1) is 0 Å². The maximum Gasteiger partial charge on any atom is 0.224 e. The number of piperazine rings is 1. The standard InChI is InChI=1S/C22H29N3O/c1-17-6-4-8-20(16-17)24-12-14-25(15-13-24)22(26)10-11-23-21-9-5-7-18(2)19(21)3/h4-9,16,23H,10-15H2,1-3H3. The van der Waals surface area contributed by atoms with Gasteiger partial charge in [-0.05, 0) is 55.7 Å². The topological polar surface area (TPSA) is 35.6 Å². The zero-order valence-electron chi connectivity index (χ0n) is 16.1. The molecular formula is C22H29N3O. The first-order valence-electron chi connectivity index (χ1n) is 9.44. The number of amides is 1. The van der Waals surface area contributed by atoms with Gasteiger partial charge in [0.1, 0.15) is 0 Å². The maximum absolute atomic E-state index is 12.5. The highest BCUT2D eigenvalue weighted by molar-refractivity contribution is 5.77. The van der Waals surface area contributed by atoms with Crippen LogP contribution in [-0.2, 0) is 4.79 Å². The van der Waals surface area contributed by atoms with Crippen LogP contribution in [0.2, 0.25) is 0 Å². The Morgan fingerprint density at radius 2 is 1.73 bits per heavy atom. The molecule has 0 aromatic heterocycles. The number of nitrogens with zero attached hydrogens (tertiary/aromatic N) is 2. The molecule has 0 aliphatic carbocycles. The van der Waals surface area contributed by atoms with E-state index in [2.05, 4.69) is 73.5 Å². The summed E-state index contributed by atoms with van der Waals surface area (Å²) >= 11 is 0. The fraction of sp³-hybridized carbons (Fsp3) is 0.409. The van der Waals surface area contributed by atoms with Crippen molar-refractivity contribution in [3.63, 3.8) is 0 Å². The quantitative estimate of drug-likeness (QED) is 0.891. The summed E-state index contributed by atoms with van der Waals surface area (Å²) in [6.45, 7) is 10.4. The molecule has 0 saturated carbocycles. The van der Waals surface area contributed by atoms with Gasteiger partial charge in [-0.3, -0.25) is 4.79 Å². The van der Waals surface area contributed by atoms with Gasteiger partial charge in [0.15, 0.2) is 0 Å². The van der Waals surface area contributed by atoms with Crippen LogP contribution in [0.15, 0.2) is 42.5 Å². The highest BCUT2D eigenvalue weighted by Crippen LogP contribution is 2.19. The molecule has 2 aromatic rings. The molecule has 1 saturated heterocycles. The van der Waals surface area contributed by atoms with Crippen LogP contribution in [0.1, 0.15) is 23.1 Å². The van der Waals surface area contributed by atoms with E-state index in [-0.39, 0.29) is 5.91 Å². The van der Waals surface area contributed by atoms with Crippen LogP contribution >= 0.6 is 0 Å². The first-order valence-corrected chi connectivity index (χ1v) is 9.44. The number of nitrogens with one attached hydrogen (secondary N) is 1. The molecule has 1 aliphatic heterocycles. The van der Waals surface area contributed by atoms with Gasteiger partial charge in [0.25, 0.3) is 0 Å². The van der Waals surface area contributed by atoms with Gasteiger partial charge in [0.2, 0.25) is 5.91 Å². The van der Waals surface area contributed by atoms with Crippen molar-refractivity contribution in [3.8, 4) is 0 Å². The van der Waals surface area contributed by atoms with Crippen LogP contribution in [0.3, 0.4) is 0 Å². The Kier molecular flexibility index (Phi) is 5.82. The molecule has 0 unspecified atom stereocenters. The molecule has 26 heavy (non-hydrogen) atoms. The van der Waals surface area contributed by atoms with Crippen LogP contribution in [0.5, 0.6) is 0 Å². The molecule has 0 spiro atoms. The van der Waals surface area contributed by atoms with Crippen molar-refractivity contribution >= 4 is 17.3 Å². The van der Waals surface area contributed by atoms with E-state index >= 15 is 0 Å². The van der Waals surface area contributed by atoms with E-state index in [1.54, 1.807) is 0 Å². The van der Waals surface area contributed by atoms with Crippen LogP contribution in [-0.4, -0.2) is 43.5 Å². The maximum atomic E-state index is 12.5. The molecular weight excluding hydrogens is 322 g/mol. The molecule has 0 atom stereocenters. The summed E-state index contributed by atoms with van der Waals surface area (Å²) < 4.78 is 0. The third-order valence-corrected chi connectivity index (χ3v) is 5.26. The van der Waals surface area contributed by atoms with Crippen molar-refractivity contribution in [2.45, 2.75) is 27.2 Å². The molecule has 0 radical (unpaired) electrons. The fourth-order valence-electron chi connectivity index (χ4n) is 3.44. The summed E-state index contributed by atoms with van der Waals surface area (Å²) in [6, 6.07) is 14.8. The fourth-order valence-corrected chi connectivity index (χ4v) is 3.44. The van der Waals surface area contributed by atoms with Gasteiger partial charge in [0, 0.05) is 50.5 Å². The first kappa shape index (κ1) is 18.3. The molecule has 0 bridgehead atoms. The molecule has 4 heteroatoms. The minimum Gasteiger partial charge on any atom is -0.384 e. The average molecular weight is 351 g/mol. The average Bonchev–Trinajstić information content (AvgIpc) is 2.65. The summed E-state index contributed by atoms with van der Waals surface area (Å²) in [4.78, 5) is 16.9. The summed E-state index contributed by atoms with van der Waals surface area (Å²) in [6.07, 6.45) is 0.540. The molecule has 1 fully saturated rings. The van der Waals surface area contributed by atoms with Gasteiger partial charge in [-0.25, -0.2) is 0 Å². The molecule has 1 heterocycles. The minimum atomic E-state index is 0.242. The van der Waals surface area contributed by atoms with Crippen molar-refractivity contribution in [1.82, 2.24) is 4.90 Å². The summed E-state index contributed by atoms with van der Waals surface area (Å²) in [7, 11) is 0. The van der Waals surface area contributed by atoms with Gasteiger partial charge in [-0.1, -0.05) is 24.3 Å². The summed E-state index contributed by atoms with van der Waals surface area (Å²) in [5, 5.41) is 3.41. The predicted molar refractivity (Wildman–Crippen MR) is 109 cm³/mol. The Bertz CT molecular complexity index is 764. The van der Waals surface area contributed by atoms with Gasteiger partial charge >= 0.3 is 0 Å². The minimum absolute atomic E-state index is 0.242. The Morgan fingerprint density at radius 1 is 1.00 bits per heavy atom. The third kappa shape index (κ3) is 4.37. The number of hydrogen-bond acceptors (Lipinski definition) is 3. The van der Waals surface area contributed by atoms with E-state index in [9.17, 15) is 4.79 Å². The summed E-state index contributed by atoms with van der Waals surface area (Å²) in [5.41, 5.74) is 6.19. The van der Waals surface area contributed by atoms with Crippen molar-refractivity contribution in [1.29, 1.82) is 0 Å². The molecule has 3 rings (SSSR count). The SMILES string of the molecule is Cc1cccc(N2CCN(C(=O)CCNc3cccc(C)c3C)CC2)c1. The largest absolute Gasteiger partial charge is 0.384 e. The van der Waals surface area contributed by atoms with Gasteiger partial charge in [-0.2, -0.15) is 0 Å². The lowest BCUT2D eigenvalue weighted by molar-refractivity contribution is -0.131. The lowest BCUT2D eigenvalue weighted by Gasteiger charge is -2.36. The van der Waals surface area contributed by atoms with E-state index in [1.165, 1.54) is 22.4 Å². The zero-order valence-corrected chi connectivity index (χ0v) is 16.1. The monoisotopic (exact) mass is 351 g/mol. The zero-order chi connectivity index (χ0) is 18.5. The van der Waals surface area contributed by atoms with Crippen LogP contribution in [0.4, 0.5) is 11.4 Å².